The molecular formula is C26H38ClN5. The van der Waals surface area contributed by atoms with Crippen LogP contribution in [-0.4, -0.2) is 55.6 Å². The van der Waals surface area contributed by atoms with Crippen LogP contribution in [0, 0.1) is 0 Å². The van der Waals surface area contributed by atoms with Gasteiger partial charge in [0.15, 0.2) is 0 Å². The smallest absolute Gasteiger partial charge is 0.0974 e. The van der Waals surface area contributed by atoms with Crippen molar-refractivity contribution in [1.82, 2.24) is 15.5 Å². The molecule has 1 aliphatic heterocycles. The van der Waals surface area contributed by atoms with E-state index in [1.54, 1.807) is 6.20 Å². The number of fused-ring (bicyclic) bond motifs is 1. The highest BCUT2D eigenvalue weighted by Gasteiger charge is 2.31. The lowest BCUT2D eigenvalue weighted by atomic mass is 9.95. The minimum atomic E-state index is 0.114. The number of alkyl halides is 1. The van der Waals surface area contributed by atoms with Crippen molar-refractivity contribution in [3.05, 3.63) is 65.0 Å². The SMILES string of the molecule is C=CNC(C)=NCC1=Cc2ccccc2C(N2CCNCC2)C(N=CCCl)=C1CC.CC. The van der Waals surface area contributed by atoms with Gasteiger partial charge in [-0.1, -0.05) is 51.6 Å². The molecule has 5 nitrogen and oxygen atoms in total. The topological polar surface area (TPSA) is 52.0 Å². The lowest BCUT2D eigenvalue weighted by Gasteiger charge is -2.36. The van der Waals surface area contributed by atoms with Crippen LogP contribution in [-0.2, 0) is 0 Å². The Morgan fingerprint density at radius 3 is 2.66 bits per heavy atom. The Balaban J connectivity index is 0.00000176. The Kier molecular flexibility index (Phi) is 11.4. The van der Waals surface area contributed by atoms with E-state index >= 15 is 0 Å². The number of nitrogens with one attached hydrogen (secondary N) is 2. The first-order valence-electron chi connectivity index (χ1n) is 11.6. The van der Waals surface area contributed by atoms with E-state index in [9.17, 15) is 0 Å². The maximum Gasteiger partial charge on any atom is 0.0974 e. The molecule has 1 fully saturated rings. The Hall–Kier alpha value is -2.21. The fourth-order valence-electron chi connectivity index (χ4n) is 4.18. The zero-order valence-corrected chi connectivity index (χ0v) is 20.8. The molecule has 2 aliphatic rings. The number of benzene rings is 1. The van der Waals surface area contributed by atoms with Crippen LogP contribution >= 0.6 is 11.6 Å². The second-order valence-corrected chi connectivity index (χ2v) is 7.73. The molecule has 0 spiro atoms. The van der Waals surface area contributed by atoms with Gasteiger partial charge in [-0.2, -0.15) is 0 Å². The first kappa shape index (κ1) is 26.0. The predicted molar refractivity (Wildman–Crippen MR) is 141 cm³/mol. The van der Waals surface area contributed by atoms with Crippen LogP contribution in [0.4, 0.5) is 0 Å². The van der Waals surface area contributed by atoms with Crippen molar-refractivity contribution in [3.63, 3.8) is 0 Å². The normalized spacial score (nSPS) is 19.6. The third-order valence-corrected chi connectivity index (χ3v) is 5.68. The van der Waals surface area contributed by atoms with Crippen LogP contribution in [0.5, 0.6) is 0 Å². The van der Waals surface area contributed by atoms with E-state index in [0.717, 1.165) is 44.1 Å². The first-order chi connectivity index (χ1) is 15.7. The molecule has 2 N–H and O–H groups in total. The summed E-state index contributed by atoms with van der Waals surface area (Å²) in [6.07, 6.45) is 6.65. The lowest BCUT2D eigenvalue weighted by Crippen LogP contribution is -2.45. The quantitative estimate of drug-likeness (QED) is 0.338. The van der Waals surface area contributed by atoms with E-state index in [2.05, 4.69) is 59.4 Å². The molecule has 0 bridgehead atoms. The van der Waals surface area contributed by atoms with E-state index in [-0.39, 0.29) is 6.04 Å². The summed E-state index contributed by atoms with van der Waals surface area (Å²) in [4.78, 5) is 12.2. The summed E-state index contributed by atoms with van der Waals surface area (Å²) < 4.78 is 0. The molecular weight excluding hydrogens is 418 g/mol. The first-order valence-corrected chi connectivity index (χ1v) is 12.2. The van der Waals surface area contributed by atoms with Crippen molar-refractivity contribution >= 4 is 29.7 Å². The largest absolute Gasteiger partial charge is 0.351 e. The van der Waals surface area contributed by atoms with Crippen LogP contribution in [0.25, 0.3) is 6.08 Å². The molecule has 0 aromatic heterocycles. The number of nitrogens with zero attached hydrogens (tertiary/aromatic N) is 3. The highest BCUT2D eigenvalue weighted by atomic mass is 35.5. The van der Waals surface area contributed by atoms with Gasteiger partial charge in [0.2, 0.25) is 0 Å². The van der Waals surface area contributed by atoms with E-state index in [0.29, 0.717) is 12.4 Å². The predicted octanol–water partition coefficient (Wildman–Crippen LogP) is 5.18. The second-order valence-electron chi connectivity index (χ2n) is 7.42. The summed E-state index contributed by atoms with van der Waals surface area (Å²) >= 11 is 6.01. The summed E-state index contributed by atoms with van der Waals surface area (Å²) in [5.41, 5.74) is 6.09. The molecule has 6 heteroatoms. The van der Waals surface area contributed by atoms with Crippen molar-refractivity contribution in [2.45, 2.75) is 40.2 Å². The molecule has 0 saturated carbocycles. The number of hydrogen-bond acceptors (Lipinski definition) is 4. The molecule has 0 radical (unpaired) electrons. The maximum absolute atomic E-state index is 6.01. The number of rotatable bonds is 7. The van der Waals surface area contributed by atoms with Gasteiger partial charge in [0.1, 0.15) is 0 Å². The van der Waals surface area contributed by atoms with Crippen LogP contribution in [0.2, 0.25) is 0 Å². The highest BCUT2D eigenvalue weighted by molar-refractivity contribution is 6.24. The van der Waals surface area contributed by atoms with Gasteiger partial charge in [-0.3, -0.25) is 14.9 Å². The summed E-state index contributed by atoms with van der Waals surface area (Å²) in [5, 5.41) is 6.53. The summed E-state index contributed by atoms with van der Waals surface area (Å²) in [7, 11) is 0. The average molecular weight is 456 g/mol. The van der Waals surface area contributed by atoms with Gasteiger partial charge in [0.05, 0.1) is 30.0 Å². The van der Waals surface area contributed by atoms with Gasteiger partial charge in [-0.15, -0.1) is 11.6 Å². The van der Waals surface area contributed by atoms with Crippen molar-refractivity contribution < 1.29 is 0 Å². The summed E-state index contributed by atoms with van der Waals surface area (Å²) in [6.45, 7) is 16.4. The number of amidine groups is 1. The third kappa shape index (κ3) is 6.64. The van der Waals surface area contributed by atoms with Crippen molar-refractivity contribution in [3.8, 4) is 0 Å². The third-order valence-electron chi connectivity index (χ3n) is 5.54. The molecule has 1 aliphatic carbocycles. The number of hydrogen-bond donors (Lipinski definition) is 2. The Morgan fingerprint density at radius 1 is 1.28 bits per heavy atom. The fraction of sp³-hybridized carbons (Fsp3) is 0.462. The van der Waals surface area contributed by atoms with Crippen LogP contribution in [0.3, 0.4) is 0 Å². The van der Waals surface area contributed by atoms with Gasteiger partial charge >= 0.3 is 0 Å². The van der Waals surface area contributed by atoms with Crippen LogP contribution in [0.1, 0.15) is 51.3 Å². The minimum Gasteiger partial charge on any atom is -0.351 e. The number of piperazine rings is 1. The molecule has 3 rings (SSSR count). The zero-order chi connectivity index (χ0) is 23.3. The lowest BCUT2D eigenvalue weighted by molar-refractivity contribution is 0.194. The zero-order valence-electron chi connectivity index (χ0n) is 20.0. The summed E-state index contributed by atoms with van der Waals surface area (Å²) in [6, 6.07) is 8.78. The number of aliphatic imine (C=N–C) groups is 2. The monoisotopic (exact) mass is 455 g/mol. The molecule has 1 aromatic rings. The van der Waals surface area contributed by atoms with E-state index in [4.69, 9.17) is 21.6 Å². The molecule has 174 valence electrons. The van der Waals surface area contributed by atoms with Crippen molar-refractivity contribution in [2.75, 3.05) is 38.6 Å². The molecule has 0 amide bonds. The van der Waals surface area contributed by atoms with Crippen molar-refractivity contribution in [2.24, 2.45) is 9.98 Å². The minimum absolute atomic E-state index is 0.114. The maximum atomic E-state index is 6.01. The second kappa shape index (κ2) is 14.0. The number of halogens is 1. The average Bonchev–Trinajstić information content (AvgIpc) is 2.97. The molecule has 1 heterocycles. The van der Waals surface area contributed by atoms with Gasteiger partial charge < -0.3 is 10.6 Å². The molecule has 1 aromatic carbocycles. The molecule has 1 saturated heterocycles. The molecule has 1 unspecified atom stereocenters. The van der Waals surface area contributed by atoms with Gasteiger partial charge in [-0.25, -0.2) is 0 Å². The van der Waals surface area contributed by atoms with Crippen molar-refractivity contribution in [1.29, 1.82) is 0 Å². The fourth-order valence-corrected chi connectivity index (χ4v) is 4.25. The Labute approximate surface area is 199 Å². The van der Waals surface area contributed by atoms with Crippen LogP contribution < -0.4 is 10.6 Å². The molecule has 1 atom stereocenters. The Bertz CT molecular complexity index is 863. The van der Waals surface area contributed by atoms with E-state index in [1.807, 2.05) is 27.0 Å². The molecule has 32 heavy (non-hydrogen) atoms. The van der Waals surface area contributed by atoms with Crippen LogP contribution in [0.15, 0.2) is 63.9 Å². The van der Waals surface area contributed by atoms with Gasteiger partial charge in [0, 0.05) is 32.4 Å². The van der Waals surface area contributed by atoms with Gasteiger partial charge in [-0.05, 0) is 47.9 Å². The van der Waals surface area contributed by atoms with E-state index < -0.39 is 0 Å². The summed E-state index contributed by atoms with van der Waals surface area (Å²) in [5.74, 6) is 1.25. The van der Waals surface area contributed by atoms with E-state index in [1.165, 1.54) is 22.3 Å². The highest BCUT2D eigenvalue weighted by Crippen LogP contribution is 2.40. The standard InChI is InChI=1S/C24H32ClN5.C2H6/c1-4-21-20(17-29-18(3)27-5-2)16-19-8-6-7-9-22(19)24(23(21)28-11-10-25)30-14-12-26-13-15-30;1-2/h5-9,11,16,24,26H,2,4,10,12-15,17H2,1,3H3,(H,27,29);1-2H3. The Morgan fingerprint density at radius 2 is 2.00 bits per heavy atom. The van der Waals surface area contributed by atoms with Gasteiger partial charge in [0.25, 0.3) is 0 Å².